The molecule has 0 amide bonds. The maximum atomic E-state index is 10.2. The fraction of sp³-hybridized carbons (Fsp3) is 0.636. The summed E-state index contributed by atoms with van der Waals surface area (Å²) in [6, 6.07) is 1.93. The van der Waals surface area contributed by atoms with Crippen LogP contribution >= 0.6 is 0 Å². The van der Waals surface area contributed by atoms with Crippen LogP contribution in [0.25, 0.3) is 0 Å². The summed E-state index contributed by atoms with van der Waals surface area (Å²) in [6.07, 6.45) is 6.06. The van der Waals surface area contributed by atoms with Crippen LogP contribution in [0.15, 0.2) is 16.8 Å². The Morgan fingerprint density at radius 3 is 2.67 bits per heavy atom. The highest BCUT2D eigenvalue weighted by Gasteiger charge is 2.39. The van der Waals surface area contributed by atoms with Crippen LogP contribution in [0.4, 0.5) is 0 Å². The first kappa shape index (κ1) is 11.7. The number of hydrogen-bond donors (Lipinski definition) is 1. The molecule has 0 unspecified atom stereocenters. The Kier molecular flexibility index (Phi) is 3.87. The summed E-state index contributed by atoms with van der Waals surface area (Å²) in [6.45, 7) is 0.162. The predicted molar refractivity (Wildman–Crippen MR) is 59.5 cm³/mol. The van der Waals surface area contributed by atoms with Crippen molar-refractivity contribution in [3.05, 3.63) is 11.8 Å². The molecule has 0 spiro atoms. The van der Waals surface area contributed by atoms with Gasteiger partial charge in [0.2, 0.25) is 0 Å². The van der Waals surface area contributed by atoms with Crippen molar-refractivity contribution in [2.75, 3.05) is 20.6 Å². The zero-order valence-electron chi connectivity index (χ0n) is 9.27. The smallest absolute Gasteiger partial charge is 0.126 e. The minimum absolute atomic E-state index is 0.162. The van der Waals surface area contributed by atoms with E-state index >= 15 is 0 Å². The number of aliphatic imine (C=N–C) groups is 1. The van der Waals surface area contributed by atoms with E-state index < -0.39 is 5.60 Å². The lowest BCUT2D eigenvalue weighted by atomic mass is 9.77. The number of aliphatic hydroxyl groups is 1. The standard InChI is InChI=1S/C11H17N3O/c1-14(2)10(4-8-13-9-7-12)11(15)5-3-6-11/h4,8,15H,3,5-6,9H2,1-2H3/b10-4-,13-8?. The first-order valence-corrected chi connectivity index (χ1v) is 5.07. The summed E-state index contributed by atoms with van der Waals surface area (Å²) in [5.41, 5.74) is 0.192. The first-order chi connectivity index (χ1) is 7.10. The van der Waals surface area contributed by atoms with Gasteiger partial charge in [0.05, 0.1) is 6.07 Å². The molecule has 1 fully saturated rings. The molecular formula is C11H17N3O. The molecule has 1 N–H and O–H groups in total. The Balaban J connectivity index is 2.70. The van der Waals surface area contributed by atoms with Gasteiger partial charge in [-0.1, -0.05) is 0 Å². The predicted octanol–water partition coefficient (Wildman–Crippen LogP) is 0.941. The Morgan fingerprint density at radius 1 is 1.60 bits per heavy atom. The second-order valence-corrected chi connectivity index (χ2v) is 3.98. The lowest BCUT2D eigenvalue weighted by Gasteiger charge is -2.41. The Morgan fingerprint density at radius 2 is 2.27 bits per heavy atom. The zero-order valence-corrected chi connectivity index (χ0v) is 9.27. The van der Waals surface area contributed by atoms with Crippen molar-refractivity contribution >= 4 is 6.21 Å². The third-order valence-corrected chi connectivity index (χ3v) is 2.64. The van der Waals surface area contributed by atoms with Crippen molar-refractivity contribution in [1.29, 1.82) is 5.26 Å². The number of likely N-dealkylation sites (N-methyl/N-ethyl adjacent to an activating group) is 1. The molecule has 1 saturated carbocycles. The van der Waals surface area contributed by atoms with Gasteiger partial charge in [-0.3, -0.25) is 4.99 Å². The van der Waals surface area contributed by atoms with E-state index in [2.05, 4.69) is 4.99 Å². The van der Waals surface area contributed by atoms with Crippen molar-refractivity contribution in [2.45, 2.75) is 24.9 Å². The van der Waals surface area contributed by atoms with Crippen LogP contribution in [0.2, 0.25) is 0 Å². The van der Waals surface area contributed by atoms with Crippen LogP contribution < -0.4 is 0 Å². The van der Waals surface area contributed by atoms with Gasteiger partial charge in [-0.25, -0.2) is 0 Å². The zero-order chi connectivity index (χ0) is 11.3. The lowest BCUT2D eigenvalue weighted by Crippen LogP contribution is -2.43. The number of nitrogens with zero attached hydrogens (tertiary/aromatic N) is 3. The Hall–Kier alpha value is -1.34. The highest BCUT2D eigenvalue weighted by atomic mass is 16.3. The van der Waals surface area contributed by atoms with Gasteiger partial charge in [0.25, 0.3) is 0 Å². The molecule has 4 nitrogen and oxygen atoms in total. The van der Waals surface area contributed by atoms with Crippen LogP contribution in [0.5, 0.6) is 0 Å². The molecular weight excluding hydrogens is 190 g/mol. The lowest BCUT2D eigenvalue weighted by molar-refractivity contribution is -0.0158. The third-order valence-electron chi connectivity index (χ3n) is 2.64. The van der Waals surface area contributed by atoms with E-state index in [0.717, 1.165) is 25.0 Å². The average molecular weight is 207 g/mol. The number of allylic oxidation sites excluding steroid dienone is 1. The highest BCUT2D eigenvalue weighted by molar-refractivity contribution is 5.72. The van der Waals surface area contributed by atoms with Gasteiger partial charge in [0.1, 0.15) is 12.1 Å². The summed E-state index contributed by atoms with van der Waals surface area (Å²) in [5, 5.41) is 18.5. The fourth-order valence-electron chi connectivity index (χ4n) is 1.71. The van der Waals surface area contributed by atoms with E-state index in [-0.39, 0.29) is 6.54 Å². The molecule has 1 aliphatic carbocycles. The van der Waals surface area contributed by atoms with Crippen LogP contribution in [-0.2, 0) is 0 Å². The van der Waals surface area contributed by atoms with Crippen LogP contribution in [0, 0.1) is 11.3 Å². The molecule has 0 atom stereocenters. The van der Waals surface area contributed by atoms with E-state index in [1.54, 1.807) is 12.3 Å². The quantitative estimate of drug-likeness (QED) is 0.551. The molecule has 15 heavy (non-hydrogen) atoms. The maximum absolute atomic E-state index is 10.2. The van der Waals surface area contributed by atoms with Gasteiger partial charge in [-0.05, 0) is 25.3 Å². The highest BCUT2D eigenvalue weighted by Crippen LogP contribution is 2.38. The number of hydrogen-bond acceptors (Lipinski definition) is 4. The second-order valence-electron chi connectivity index (χ2n) is 3.98. The van der Waals surface area contributed by atoms with Gasteiger partial charge < -0.3 is 10.0 Å². The molecule has 0 aliphatic heterocycles. The molecule has 0 aromatic rings. The molecule has 82 valence electrons. The molecule has 0 heterocycles. The first-order valence-electron chi connectivity index (χ1n) is 5.07. The van der Waals surface area contributed by atoms with Crippen molar-refractivity contribution in [3.63, 3.8) is 0 Å². The second kappa shape index (κ2) is 4.94. The van der Waals surface area contributed by atoms with E-state index in [1.165, 1.54) is 0 Å². The van der Waals surface area contributed by atoms with Crippen molar-refractivity contribution in [2.24, 2.45) is 4.99 Å². The average Bonchev–Trinajstić information content (AvgIpc) is 2.14. The molecule has 0 saturated heterocycles. The van der Waals surface area contributed by atoms with Crippen LogP contribution in [0.3, 0.4) is 0 Å². The van der Waals surface area contributed by atoms with Gasteiger partial charge in [-0.15, -0.1) is 0 Å². The monoisotopic (exact) mass is 207 g/mol. The van der Waals surface area contributed by atoms with Crippen molar-refractivity contribution < 1.29 is 5.11 Å². The van der Waals surface area contributed by atoms with Gasteiger partial charge in [-0.2, -0.15) is 5.26 Å². The SMILES string of the molecule is CN(C)/C(=C\C=NCC#N)C1(O)CCC1. The van der Waals surface area contributed by atoms with E-state index in [1.807, 2.05) is 25.1 Å². The topological polar surface area (TPSA) is 59.6 Å². The van der Waals surface area contributed by atoms with Gasteiger partial charge in [0, 0.05) is 26.0 Å². The molecule has 4 heteroatoms. The minimum Gasteiger partial charge on any atom is -0.384 e. The number of nitriles is 1. The van der Waals surface area contributed by atoms with Crippen molar-refractivity contribution in [3.8, 4) is 6.07 Å². The summed E-state index contributed by atoms with van der Waals surface area (Å²) in [5.74, 6) is 0. The summed E-state index contributed by atoms with van der Waals surface area (Å²) in [7, 11) is 3.81. The summed E-state index contributed by atoms with van der Waals surface area (Å²) in [4.78, 5) is 5.78. The molecule has 0 aromatic heterocycles. The minimum atomic E-state index is -0.678. The molecule has 1 rings (SSSR count). The molecule has 0 radical (unpaired) electrons. The van der Waals surface area contributed by atoms with E-state index in [0.29, 0.717) is 0 Å². The molecule has 1 aliphatic rings. The van der Waals surface area contributed by atoms with Gasteiger partial charge in [0.15, 0.2) is 0 Å². The van der Waals surface area contributed by atoms with E-state index in [9.17, 15) is 5.11 Å². The van der Waals surface area contributed by atoms with E-state index in [4.69, 9.17) is 5.26 Å². The van der Waals surface area contributed by atoms with Crippen molar-refractivity contribution in [1.82, 2.24) is 4.90 Å². The van der Waals surface area contributed by atoms with Gasteiger partial charge >= 0.3 is 0 Å². The largest absolute Gasteiger partial charge is 0.384 e. The molecule has 0 aromatic carbocycles. The third kappa shape index (κ3) is 2.80. The Labute approximate surface area is 90.5 Å². The van der Waals surface area contributed by atoms with Crippen LogP contribution in [-0.4, -0.2) is 42.5 Å². The normalized spacial score (nSPS) is 19.7. The fourth-order valence-corrected chi connectivity index (χ4v) is 1.71. The van der Waals surface area contributed by atoms with Crippen LogP contribution in [0.1, 0.15) is 19.3 Å². The summed E-state index contributed by atoms with van der Waals surface area (Å²) < 4.78 is 0. The molecule has 0 bridgehead atoms. The summed E-state index contributed by atoms with van der Waals surface area (Å²) >= 11 is 0. The number of rotatable bonds is 4. The maximum Gasteiger partial charge on any atom is 0.126 e. The Bertz CT molecular complexity index is 308.